The summed E-state index contributed by atoms with van der Waals surface area (Å²) >= 11 is 0. The smallest absolute Gasteiger partial charge is 0.407 e. The molecule has 0 spiro atoms. The predicted molar refractivity (Wildman–Crippen MR) is 128 cm³/mol. The number of alkyl carbamates (subject to hydrolysis) is 1. The summed E-state index contributed by atoms with van der Waals surface area (Å²) in [6.45, 7) is 3.66. The highest BCUT2D eigenvalue weighted by molar-refractivity contribution is 5.89. The number of carboxylic acids is 1. The second-order valence-electron chi connectivity index (χ2n) is 8.43. The molecule has 0 aromatic heterocycles. The summed E-state index contributed by atoms with van der Waals surface area (Å²) in [5.41, 5.74) is 4.39. The average molecular weight is 469 g/mol. The number of carbonyl (C=O) groups excluding carboxylic acids is 2. The lowest BCUT2D eigenvalue weighted by Crippen LogP contribution is -2.56. The van der Waals surface area contributed by atoms with Crippen LogP contribution in [0, 0.1) is 0 Å². The molecule has 0 saturated heterocycles. The molecular weight excluding hydrogens is 436 g/mol. The third-order valence-corrected chi connectivity index (χ3v) is 6.20. The molecule has 3 atom stereocenters. The Morgan fingerprint density at radius 2 is 1.59 bits per heavy atom. The van der Waals surface area contributed by atoms with Crippen molar-refractivity contribution in [1.29, 1.82) is 0 Å². The van der Waals surface area contributed by atoms with Crippen LogP contribution in [0.25, 0.3) is 11.1 Å². The van der Waals surface area contributed by atoms with Gasteiger partial charge in [0.15, 0.2) is 0 Å². The van der Waals surface area contributed by atoms with Gasteiger partial charge in [-0.1, -0.05) is 68.3 Å². The van der Waals surface area contributed by atoms with E-state index < -0.39 is 36.2 Å². The van der Waals surface area contributed by atoms with Crippen LogP contribution in [0.3, 0.4) is 0 Å². The molecule has 1 aliphatic carbocycles. The number of hydrogen-bond acceptors (Lipinski definition) is 5. The molecule has 2 aromatic rings. The van der Waals surface area contributed by atoms with E-state index in [4.69, 9.17) is 9.47 Å². The highest BCUT2D eigenvalue weighted by Gasteiger charge is 2.32. The summed E-state index contributed by atoms with van der Waals surface area (Å²) in [5.74, 6) is -1.87. The minimum Gasteiger partial charge on any atom is -0.480 e. The highest BCUT2D eigenvalue weighted by Crippen LogP contribution is 2.44. The van der Waals surface area contributed by atoms with E-state index in [0.29, 0.717) is 12.8 Å². The molecule has 0 saturated carbocycles. The zero-order chi connectivity index (χ0) is 24.7. The lowest BCUT2D eigenvalue weighted by atomic mass is 9.98. The largest absolute Gasteiger partial charge is 0.480 e. The van der Waals surface area contributed by atoms with Gasteiger partial charge >= 0.3 is 12.1 Å². The van der Waals surface area contributed by atoms with Crippen LogP contribution in [-0.2, 0) is 19.1 Å². The molecule has 2 amide bonds. The van der Waals surface area contributed by atoms with Crippen LogP contribution in [0.5, 0.6) is 0 Å². The molecule has 2 aromatic carbocycles. The quantitative estimate of drug-likeness (QED) is 0.464. The SMILES string of the molecule is CCCC[C@H](NC(=O)C(NC(=O)OCC1c2ccccc2-c2ccccc21)C(C)OC)C(=O)O. The van der Waals surface area contributed by atoms with Gasteiger partial charge in [-0.05, 0) is 35.6 Å². The van der Waals surface area contributed by atoms with Crippen molar-refractivity contribution in [1.82, 2.24) is 10.6 Å². The fourth-order valence-electron chi connectivity index (χ4n) is 4.23. The molecule has 0 fully saturated rings. The number of benzene rings is 2. The minimum absolute atomic E-state index is 0.101. The maximum absolute atomic E-state index is 12.8. The molecule has 0 radical (unpaired) electrons. The summed E-state index contributed by atoms with van der Waals surface area (Å²) in [5, 5.41) is 14.5. The monoisotopic (exact) mass is 468 g/mol. The summed E-state index contributed by atoms with van der Waals surface area (Å²) in [4.78, 5) is 37.0. The van der Waals surface area contributed by atoms with E-state index in [-0.39, 0.29) is 12.5 Å². The normalized spacial score (nSPS) is 14.9. The van der Waals surface area contributed by atoms with E-state index in [1.807, 2.05) is 55.5 Å². The van der Waals surface area contributed by atoms with Crippen molar-refractivity contribution in [3.8, 4) is 11.1 Å². The molecule has 1 aliphatic rings. The first kappa shape index (κ1) is 25.2. The van der Waals surface area contributed by atoms with Crippen LogP contribution in [0.1, 0.15) is 50.2 Å². The first-order valence-corrected chi connectivity index (χ1v) is 11.5. The number of hydrogen-bond donors (Lipinski definition) is 3. The standard InChI is InChI=1S/C26H32N2O6/c1-4-5-14-22(25(30)31)27-24(29)23(16(2)33-3)28-26(32)34-15-21-19-12-8-6-10-17(19)18-11-7-9-13-20(18)21/h6-13,16,21-23H,4-5,14-15H2,1-3H3,(H,27,29)(H,28,32)(H,30,31)/t16?,22-,23?/m0/s1. The maximum Gasteiger partial charge on any atom is 0.407 e. The molecule has 34 heavy (non-hydrogen) atoms. The van der Waals surface area contributed by atoms with Gasteiger partial charge in [0.05, 0.1) is 6.10 Å². The topological polar surface area (TPSA) is 114 Å². The molecule has 0 aliphatic heterocycles. The number of methoxy groups -OCH3 is 1. The Labute approximate surface area is 199 Å². The fourth-order valence-corrected chi connectivity index (χ4v) is 4.23. The molecular formula is C26H32N2O6. The Balaban J connectivity index is 1.66. The Morgan fingerprint density at radius 3 is 2.12 bits per heavy atom. The lowest BCUT2D eigenvalue weighted by Gasteiger charge is -2.25. The number of amides is 2. The number of ether oxygens (including phenoxy) is 2. The molecule has 8 heteroatoms. The van der Waals surface area contributed by atoms with Crippen LogP contribution >= 0.6 is 0 Å². The molecule has 3 N–H and O–H groups in total. The van der Waals surface area contributed by atoms with Gasteiger partial charge in [-0.3, -0.25) is 4.79 Å². The number of carboxylic acid groups (broad SMARTS) is 1. The van der Waals surface area contributed by atoms with Crippen molar-refractivity contribution in [2.24, 2.45) is 0 Å². The first-order valence-electron chi connectivity index (χ1n) is 11.5. The van der Waals surface area contributed by atoms with Gasteiger partial charge in [0, 0.05) is 13.0 Å². The van der Waals surface area contributed by atoms with Gasteiger partial charge in [0.2, 0.25) is 5.91 Å². The Bertz CT molecular complexity index is 978. The van der Waals surface area contributed by atoms with Gasteiger partial charge in [-0.2, -0.15) is 0 Å². The van der Waals surface area contributed by atoms with Crippen LogP contribution in [0.15, 0.2) is 48.5 Å². The van der Waals surface area contributed by atoms with Crippen molar-refractivity contribution in [2.75, 3.05) is 13.7 Å². The number of nitrogens with one attached hydrogen (secondary N) is 2. The molecule has 0 heterocycles. The highest BCUT2D eigenvalue weighted by atomic mass is 16.5. The van der Waals surface area contributed by atoms with Gasteiger partial charge in [0.1, 0.15) is 18.7 Å². The molecule has 0 bridgehead atoms. The predicted octanol–water partition coefficient (Wildman–Crippen LogP) is 3.69. The summed E-state index contributed by atoms with van der Waals surface area (Å²) in [6, 6.07) is 13.9. The third-order valence-electron chi connectivity index (χ3n) is 6.20. The minimum atomic E-state index is -1.12. The second kappa shape index (κ2) is 11.7. The molecule has 8 nitrogen and oxygen atoms in total. The van der Waals surface area contributed by atoms with E-state index >= 15 is 0 Å². The van der Waals surface area contributed by atoms with Crippen molar-refractivity contribution < 1.29 is 29.0 Å². The zero-order valence-electron chi connectivity index (χ0n) is 19.7. The average Bonchev–Trinajstić information content (AvgIpc) is 3.16. The summed E-state index contributed by atoms with van der Waals surface area (Å²) < 4.78 is 10.8. The van der Waals surface area contributed by atoms with E-state index in [9.17, 15) is 19.5 Å². The number of aliphatic carboxylic acids is 1. The van der Waals surface area contributed by atoms with Crippen LogP contribution in [-0.4, -0.2) is 55.0 Å². The number of carbonyl (C=O) groups is 3. The summed E-state index contributed by atoms with van der Waals surface area (Å²) in [7, 11) is 1.41. The van der Waals surface area contributed by atoms with Gasteiger partial charge in [-0.15, -0.1) is 0 Å². The number of rotatable bonds is 11. The van der Waals surface area contributed by atoms with Crippen LogP contribution in [0.2, 0.25) is 0 Å². The van der Waals surface area contributed by atoms with Crippen molar-refractivity contribution in [3.05, 3.63) is 59.7 Å². The van der Waals surface area contributed by atoms with Crippen molar-refractivity contribution in [3.63, 3.8) is 0 Å². The Hall–Kier alpha value is -3.39. The van der Waals surface area contributed by atoms with Crippen LogP contribution < -0.4 is 10.6 Å². The Kier molecular flexibility index (Phi) is 8.65. The molecule has 3 rings (SSSR count). The molecule has 182 valence electrons. The van der Waals surface area contributed by atoms with E-state index in [1.54, 1.807) is 6.92 Å². The maximum atomic E-state index is 12.8. The van der Waals surface area contributed by atoms with E-state index in [2.05, 4.69) is 10.6 Å². The van der Waals surface area contributed by atoms with Crippen molar-refractivity contribution in [2.45, 2.75) is 57.2 Å². The van der Waals surface area contributed by atoms with Gasteiger partial charge in [0.25, 0.3) is 0 Å². The van der Waals surface area contributed by atoms with Gasteiger partial charge in [-0.25, -0.2) is 9.59 Å². The zero-order valence-corrected chi connectivity index (χ0v) is 19.7. The van der Waals surface area contributed by atoms with Crippen molar-refractivity contribution >= 4 is 18.0 Å². The second-order valence-corrected chi connectivity index (χ2v) is 8.43. The molecule has 2 unspecified atom stereocenters. The number of unbranched alkanes of at least 4 members (excludes halogenated alkanes) is 1. The third kappa shape index (κ3) is 5.75. The lowest BCUT2D eigenvalue weighted by molar-refractivity contribution is -0.142. The first-order chi connectivity index (χ1) is 16.4. The number of fused-ring (bicyclic) bond motifs is 3. The van der Waals surface area contributed by atoms with Gasteiger partial charge < -0.3 is 25.2 Å². The summed E-state index contributed by atoms with van der Waals surface area (Å²) in [6.07, 6.45) is 0.292. The Morgan fingerprint density at radius 1 is 1.00 bits per heavy atom. The van der Waals surface area contributed by atoms with Crippen LogP contribution in [0.4, 0.5) is 4.79 Å². The fraction of sp³-hybridized carbons (Fsp3) is 0.423. The van der Waals surface area contributed by atoms with E-state index in [1.165, 1.54) is 7.11 Å². The van der Waals surface area contributed by atoms with E-state index in [0.717, 1.165) is 28.7 Å².